The van der Waals surface area contributed by atoms with Gasteiger partial charge in [-0.1, -0.05) is 11.6 Å². The highest BCUT2D eigenvalue weighted by Gasteiger charge is 2.48. The van der Waals surface area contributed by atoms with Gasteiger partial charge in [0.15, 0.2) is 5.78 Å². The SMILES string of the molecule is C/C=C1/CC2CC1C(=O)C2Cl. The molecule has 1 nitrogen and oxygen atoms in total. The van der Waals surface area contributed by atoms with Gasteiger partial charge in [0.25, 0.3) is 0 Å². The van der Waals surface area contributed by atoms with E-state index in [4.69, 9.17) is 11.6 Å². The molecule has 0 aromatic carbocycles. The molecule has 0 radical (unpaired) electrons. The van der Waals surface area contributed by atoms with Crippen molar-refractivity contribution in [2.75, 3.05) is 0 Å². The van der Waals surface area contributed by atoms with Crippen LogP contribution in [0.25, 0.3) is 0 Å². The Balaban J connectivity index is 2.29. The number of carbonyl (C=O) groups excluding carboxylic acids is 1. The van der Waals surface area contributed by atoms with E-state index in [0.29, 0.717) is 5.92 Å². The second kappa shape index (κ2) is 2.34. The number of hydrogen-bond acceptors (Lipinski definition) is 1. The number of alkyl halides is 1. The lowest BCUT2D eigenvalue weighted by atomic mass is 9.93. The third-order valence-corrected chi connectivity index (χ3v) is 3.46. The molecule has 3 unspecified atom stereocenters. The third-order valence-electron chi connectivity index (χ3n) is 2.88. The van der Waals surface area contributed by atoms with Gasteiger partial charge in [-0.05, 0) is 25.7 Å². The molecule has 0 saturated heterocycles. The fraction of sp³-hybridized carbons (Fsp3) is 0.667. The molecule has 2 saturated carbocycles. The van der Waals surface area contributed by atoms with Crippen molar-refractivity contribution in [3.05, 3.63) is 11.6 Å². The number of hydrogen-bond donors (Lipinski definition) is 0. The van der Waals surface area contributed by atoms with Crippen molar-refractivity contribution in [2.24, 2.45) is 11.8 Å². The van der Waals surface area contributed by atoms with E-state index in [-0.39, 0.29) is 17.1 Å². The summed E-state index contributed by atoms with van der Waals surface area (Å²) < 4.78 is 0. The summed E-state index contributed by atoms with van der Waals surface area (Å²) in [6, 6.07) is 0. The Morgan fingerprint density at radius 1 is 1.64 bits per heavy atom. The first-order chi connectivity index (χ1) is 5.24. The largest absolute Gasteiger partial charge is 0.297 e. The maximum absolute atomic E-state index is 11.4. The minimum atomic E-state index is -0.177. The molecule has 2 fully saturated rings. The highest BCUT2D eigenvalue weighted by molar-refractivity contribution is 6.33. The van der Waals surface area contributed by atoms with E-state index < -0.39 is 0 Å². The highest BCUT2D eigenvalue weighted by atomic mass is 35.5. The van der Waals surface area contributed by atoms with E-state index in [1.807, 2.05) is 6.92 Å². The lowest BCUT2D eigenvalue weighted by Crippen LogP contribution is -2.23. The van der Waals surface area contributed by atoms with E-state index in [9.17, 15) is 4.79 Å². The van der Waals surface area contributed by atoms with Crippen molar-refractivity contribution in [1.82, 2.24) is 0 Å². The first-order valence-electron chi connectivity index (χ1n) is 4.07. The van der Waals surface area contributed by atoms with Gasteiger partial charge in [0.2, 0.25) is 0 Å². The van der Waals surface area contributed by atoms with Crippen LogP contribution in [-0.2, 0) is 4.79 Å². The average Bonchev–Trinajstić information content (AvgIpc) is 2.53. The topological polar surface area (TPSA) is 17.1 Å². The monoisotopic (exact) mass is 170 g/mol. The zero-order valence-corrected chi connectivity index (χ0v) is 7.27. The van der Waals surface area contributed by atoms with Crippen molar-refractivity contribution in [3.63, 3.8) is 0 Å². The van der Waals surface area contributed by atoms with Gasteiger partial charge >= 0.3 is 0 Å². The number of Topliss-reactive ketones (excluding diaryl/α,β-unsaturated/α-hetero) is 1. The van der Waals surface area contributed by atoms with Crippen molar-refractivity contribution in [1.29, 1.82) is 0 Å². The number of rotatable bonds is 0. The predicted octanol–water partition coefficient (Wildman–Crippen LogP) is 2.15. The molecule has 0 heterocycles. The third kappa shape index (κ3) is 0.871. The van der Waals surface area contributed by atoms with Crippen molar-refractivity contribution in [3.8, 4) is 0 Å². The molecule has 2 aliphatic rings. The molecule has 0 amide bonds. The molecule has 0 aromatic heterocycles. The summed E-state index contributed by atoms with van der Waals surface area (Å²) in [6.45, 7) is 2.01. The Labute approximate surface area is 71.4 Å². The van der Waals surface area contributed by atoms with Gasteiger partial charge in [0.1, 0.15) is 0 Å². The van der Waals surface area contributed by atoms with Gasteiger partial charge in [-0.2, -0.15) is 0 Å². The van der Waals surface area contributed by atoms with Crippen LogP contribution >= 0.6 is 11.6 Å². The fourth-order valence-electron chi connectivity index (χ4n) is 2.25. The molecule has 2 bridgehead atoms. The number of ketones is 1. The number of carbonyl (C=O) groups is 1. The zero-order chi connectivity index (χ0) is 8.01. The standard InChI is InChI=1S/C9H11ClO/c1-2-5-3-6-4-7(5)9(11)8(6)10/h2,6-8H,3-4H2,1H3/b5-2-. The summed E-state index contributed by atoms with van der Waals surface area (Å²) in [5.41, 5.74) is 1.32. The van der Waals surface area contributed by atoms with Gasteiger partial charge in [0, 0.05) is 5.92 Å². The van der Waals surface area contributed by atoms with Crippen LogP contribution in [-0.4, -0.2) is 11.2 Å². The van der Waals surface area contributed by atoms with Crippen LogP contribution < -0.4 is 0 Å². The molecule has 0 aliphatic heterocycles. The van der Waals surface area contributed by atoms with Crippen LogP contribution in [0.1, 0.15) is 19.8 Å². The lowest BCUT2D eigenvalue weighted by Gasteiger charge is -2.16. The summed E-state index contributed by atoms with van der Waals surface area (Å²) in [6.07, 6.45) is 4.14. The molecule has 60 valence electrons. The highest BCUT2D eigenvalue weighted by Crippen LogP contribution is 2.47. The van der Waals surface area contributed by atoms with Gasteiger partial charge in [-0.3, -0.25) is 4.79 Å². The minimum absolute atomic E-state index is 0.177. The van der Waals surface area contributed by atoms with Gasteiger partial charge in [-0.15, -0.1) is 11.6 Å². The fourth-order valence-corrected chi connectivity index (χ4v) is 2.59. The first-order valence-corrected chi connectivity index (χ1v) is 4.50. The summed E-state index contributed by atoms with van der Waals surface area (Å²) in [5.74, 6) is 0.892. The Bertz CT molecular complexity index is 232. The van der Waals surface area contributed by atoms with Gasteiger partial charge in [-0.25, -0.2) is 0 Å². The number of allylic oxidation sites excluding steroid dienone is 2. The molecule has 3 atom stereocenters. The van der Waals surface area contributed by atoms with E-state index in [0.717, 1.165) is 12.8 Å². The Kier molecular flexibility index (Phi) is 1.57. The maximum atomic E-state index is 11.4. The van der Waals surface area contributed by atoms with Gasteiger partial charge in [0.05, 0.1) is 5.38 Å². The number of fused-ring (bicyclic) bond motifs is 2. The molecular formula is C9H11ClO. The summed E-state index contributed by atoms with van der Waals surface area (Å²) in [7, 11) is 0. The van der Waals surface area contributed by atoms with E-state index in [2.05, 4.69) is 6.08 Å². The smallest absolute Gasteiger partial charge is 0.158 e. The molecule has 2 rings (SSSR count). The first kappa shape index (κ1) is 7.35. The molecule has 11 heavy (non-hydrogen) atoms. The van der Waals surface area contributed by atoms with Crippen LogP contribution in [0.5, 0.6) is 0 Å². The van der Waals surface area contributed by atoms with Crippen molar-refractivity contribution in [2.45, 2.75) is 25.1 Å². The van der Waals surface area contributed by atoms with Crippen LogP contribution in [0.4, 0.5) is 0 Å². The molecule has 0 aromatic rings. The summed E-state index contributed by atoms with van der Waals surface area (Å²) in [5, 5.41) is -0.177. The maximum Gasteiger partial charge on any atom is 0.158 e. The predicted molar refractivity (Wildman–Crippen MR) is 44.6 cm³/mol. The molecular weight excluding hydrogens is 160 g/mol. The Hall–Kier alpha value is -0.300. The summed E-state index contributed by atoms with van der Waals surface area (Å²) >= 11 is 5.90. The zero-order valence-electron chi connectivity index (χ0n) is 6.51. The van der Waals surface area contributed by atoms with Crippen LogP contribution in [0.2, 0.25) is 0 Å². The van der Waals surface area contributed by atoms with Gasteiger partial charge < -0.3 is 0 Å². The minimum Gasteiger partial charge on any atom is -0.297 e. The molecule has 2 heteroatoms. The van der Waals surface area contributed by atoms with Crippen LogP contribution in [0.15, 0.2) is 11.6 Å². The summed E-state index contributed by atoms with van der Waals surface area (Å²) in [4.78, 5) is 11.4. The van der Waals surface area contributed by atoms with Crippen LogP contribution in [0.3, 0.4) is 0 Å². The van der Waals surface area contributed by atoms with Crippen molar-refractivity contribution < 1.29 is 4.79 Å². The van der Waals surface area contributed by atoms with E-state index in [1.165, 1.54) is 5.57 Å². The number of halogens is 1. The lowest BCUT2D eigenvalue weighted by molar-refractivity contribution is -0.120. The second-order valence-corrected chi connectivity index (χ2v) is 3.89. The molecule has 0 N–H and O–H groups in total. The molecule has 2 aliphatic carbocycles. The normalized spacial score (nSPS) is 45.8. The quantitative estimate of drug-likeness (QED) is 0.402. The molecule has 0 spiro atoms. The second-order valence-electron chi connectivity index (χ2n) is 3.42. The van der Waals surface area contributed by atoms with E-state index >= 15 is 0 Å². The van der Waals surface area contributed by atoms with Crippen molar-refractivity contribution >= 4 is 17.4 Å². The van der Waals surface area contributed by atoms with E-state index in [1.54, 1.807) is 0 Å². The van der Waals surface area contributed by atoms with Crippen LogP contribution in [0, 0.1) is 11.8 Å². The Morgan fingerprint density at radius 2 is 2.36 bits per heavy atom. The Morgan fingerprint density at radius 3 is 2.82 bits per heavy atom. The average molecular weight is 171 g/mol.